The third-order valence-electron chi connectivity index (χ3n) is 6.57. The Bertz CT molecular complexity index is 392. The van der Waals surface area contributed by atoms with Crippen LogP contribution in [0, 0.1) is 29.6 Å². The van der Waals surface area contributed by atoms with Gasteiger partial charge < -0.3 is 4.90 Å². The minimum Gasteiger partial charge on any atom is -0.336 e. The molecule has 5 rings (SSSR count). The molecule has 0 unspecified atom stereocenters. The minimum absolute atomic E-state index is 0.158. The van der Waals surface area contributed by atoms with E-state index in [4.69, 9.17) is 0 Å². The third-order valence-corrected chi connectivity index (χ3v) is 6.57. The van der Waals surface area contributed by atoms with E-state index in [1.54, 1.807) is 0 Å². The lowest BCUT2D eigenvalue weighted by Crippen LogP contribution is -2.60. The van der Waals surface area contributed by atoms with Crippen LogP contribution in [0.2, 0.25) is 0 Å². The number of likely N-dealkylation sites (tertiary alicyclic amines) is 1. The first kappa shape index (κ1) is 12.0. The van der Waals surface area contributed by atoms with Crippen LogP contribution in [0.1, 0.15) is 45.4 Å². The van der Waals surface area contributed by atoms with Crippen molar-refractivity contribution < 1.29 is 4.79 Å². The molecular formula is C17H25NO. The van der Waals surface area contributed by atoms with E-state index in [1.165, 1.54) is 38.5 Å². The van der Waals surface area contributed by atoms with Gasteiger partial charge in [-0.15, -0.1) is 6.58 Å². The first-order valence-electron chi connectivity index (χ1n) is 8.05. The van der Waals surface area contributed by atoms with E-state index in [0.29, 0.717) is 11.8 Å². The van der Waals surface area contributed by atoms with Gasteiger partial charge in [0.25, 0.3) is 0 Å². The van der Waals surface area contributed by atoms with Crippen molar-refractivity contribution in [3.05, 3.63) is 12.7 Å². The van der Waals surface area contributed by atoms with Crippen LogP contribution in [-0.4, -0.2) is 22.9 Å². The maximum absolute atomic E-state index is 12.7. The fourth-order valence-electron chi connectivity index (χ4n) is 5.99. The van der Waals surface area contributed by atoms with Crippen molar-refractivity contribution in [2.24, 2.45) is 29.6 Å². The summed E-state index contributed by atoms with van der Waals surface area (Å²) in [5, 5.41) is 0. The number of rotatable bonds is 2. The molecule has 5 aliphatic rings. The predicted octanol–water partition coefficient (Wildman–Crippen LogP) is 3.24. The van der Waals surface area contributed by atoms with Crippen LogP contribution in [0.25, 0.3) is 0 Å². The van der Waals surface area contributed by atoms with Gasteiger partial charge in [0.15, 0.2) is 0 Å². The second-order valence-corrected chi connectivity index (χ2v) is 7.78. The van der Waals surface area contributed by atoms with Crippen LogP contribution in [0.4, 0.5) is 0 Å². The summed E-state index contributed by atoms with van der Waals surface area (Å²) in [5.74, 6) is 3.68. The maximum Gasteiger partial charge on any atom is 0.226 e. The summed E-state index contributed by atoms with van der Waals surface area (Å²) < 4.78 is 0. The minimum atomic E-state index is 0.158. The number of amides is 1. The molecule has 1 amide bonds. The number of hydrogen-bond donors (Lipinski definition) is 0. The van der Waals surface area contributed by atoms with Crippen molar-refractivity contribution in [3.8, 4) is 0 Å². The molecular weight excluding hydrogens is 234 g/mol. The largest absolute Gasteiger partial charge is 0.336 e. The third kappa shape index (κ3) is 1.58. The van der Waals surface area contributed by atoms with Gasteiger partial charge in [0.2, 0.25) is 5.91 Å². The fourth-order valence-corrected chi connectivity index (χ4v) is 5.99. The molecule has 0 spiro atoms. The highest BCUT2D eigenvalue weighted by Crippen LogP contribution is 2.58. The van der Waals surface area contributed by atoms with Crippen LogP contribution in [0.5, 0.6) is 0 Å². The Kier molecular flexibility index (Phi) is 2.44. The van der Waals surface area contributed by atoms with Crippen molar-refractivity contribution in [3.63, 3.8) is 0 Å². The van der Waals surface area contributed by atoms with Crippen molar-refractivity contribution in [1.82, 2.24) is 4.90 Å². The Morgan fingerprint density at radius 2 is 1.68 bits per heavy atom. The van der Waals surface area contributed by atoms with E-state index in [9.17, 15) is 4.79 Å². The number of carbonyl (C=O) groups is 1. The monoisotopic (exact) mass is 259 g/mol. The van der Waals surface area contributed by atoms with Gasteiger partial charge in [0.05, 0.1) is 0 Å². The summed E-state index contributed by atoms with van der Waals surface area (Å²) >= 11 is 0. The zero-order valence-corrected chi connectivity index (χ0v) is 12.0. The van der Waals surface area contributed by atoms with E-state index < -0.39 is 0 Å². The van der Waals surface area contributed by atoms with Gasteiger partial charge in [0, 0.05) is 23.9 Å². The number of hydrogen-bond acceptors (Lipinski definition) is 1. The van der Waals surface area contributed by atoms with Crippen LogP contribution >= 0.6 is 0 Å². The van der Waals surface area contributed by atoms with Crippen LogP contribution < -0.4 is 0 Å². The molecule has 1 aliphatic heterocycles. The molecule has 5 fully saturated rings. The van der Waals surface area contributed by atoms with E-state index in [-0.39, 0.29) is 11.5 Å². The molecule has 0 N–H and O–H groups in total. The first-order chi connectivity index (χ1) is 9.11. The second-order valence-electron chi connectivity index (χ2n) is 7.78. The molecule has 2 nitrogen and oxygen atoms in total. The van der Waals surface area contributed by atoms with Gasteiger partial charge in [-0.25, -0.2) is 0 Å². The lowest BCUT2D eigenvalue weighted by Gasteiger charge is -2.60. The molecule has 4 bridgehead atoms. The SMILES string of the molecule is C=C[C@@H]1CN(C23CC4CC(CC(C4)C2)C3)C(=O)[C@@H]1C. The predicted molar refractivity (Wildman–Crippen MR) is 75.5 cm³/mol. The molecule has 4 aliphatic carbocycles. The topological polar surface area (TPSA) is 20.3 Å². The number of nitrogens with zero attached hydrogens (tertiary/aromatic N) is 1. The Morgan fingerprint density at radius 3 is 2.11 bits per heavy atom. The average molecular weight is 259 g/mol. The zero-order chi connectivity index (χ0) is 13.2. The van der Waals surface area contributed by atoms with Gasteiger partial charge in [-0.1, -0.05) is 13.0 Å². The molecule has 4 saturated carbocycles. The summed E-state index contributed by atoms with van der Waals surface area (Å²) in [6.07, 6.45) is 10.2. The Hall–Kier alpha value is -0.790. The first-order valence-corrected chi connectivity index (χ1v) is 8.05. The second kappa shape index (κ2) is 3.86. The van der Waals surface area contributed by atoms with E-state index in [0.717, 1.165) is 24.3 Å². The normalized spacial score (nSPS) is 51.9. The van der Waals surface area contributed by atoms with Crippen molar-refractivity contribution in [1.29, 1.82) is 0 Å². The molecule has 2 atom stereocenters. The smallest absolute Gasteiger partial charge is 0.226 e. The molecule has 0 aromatic rings. The standard InChI is InChI=1S/C17H25NO/c1-3-15-10-18(16(19)11(15)2)17-7-12-4-13(8-17)6-14(5-12)9-17/h3,11-15H,1,4-10H2,2H3/t11-,12?,13?,14?,15-,17?/m1/s1. The van der Waals surface area contributed by atoms with Crippen molar-refractivity contribution >= 4 is 5.91 Å². The Labute approximate surface area is 116 Å². The fraction of sp³-hybridized carbons (Fsp3) is 0.824. The summed E-state index contributed by atoms with van der Waals surface area (Å²) in [5.41, 5.74) is 0.248. The number of carbonyl (C=O) groups excluding carboxylic acids is 1. The Balaban J connectivity index is 1.65. The maximum atomic E-state index is 12.7. The van der Waals surface area contributed by atoms with Crippen molar-refractivity contribution in [2.75, 3.05) is 6.54 Å². The van der Waals surface area contributed by atoms with Gasteiger partial charge in [-0.2, -0.15) is 0 Å². The van der Waals surface area contributed by atoms with Gasteiger partial charge >= 0.3 is 0 Å². The van der Waals surface area contributed by atoms with E-state index in [2.05, 4.69) is 18.4 Å². The zero-order valence-electron chi connectivity index (χ0n) is 12.0. The summed E-state index contributed by atoms with van der Waals surface area (Å²) in [4.78, 5) is 15.0. The molecule has 1 saturated heterocycles. The Morgan fingerprint density at radius 1 is 1.16 bits per heavy atom. The molecule has 0 radical (unpaired) electrons. The van der Waals surface area contributed by atoms with Crippen LogP contribution in [0.3, 0.4) is 0 Å². The highest BCUT2D eigenvalue weighted by molar-refractivity contribution is 5.82. The average Bonchev–Trinajstić information content (AvgIpc) is 2.65. The molecule has 19 heavy (non-hydrogen) atoms. The quantitative estimate of drug-likeness (QED) is 0.697. The van der Waals surface area contributed by atoms with Crippen LogP contribution in [-0.2, 0) is 4.79 Å². The highest BCUT2D eigenvalue weighted by Gasteiger charge is 2.56. The summed E-state index contributed by atoms with van der Waals surface area (Å²) in [6.45, 7) is 6.96. The van der Waals surface area contributed by atoms with E-state index >= 15 is 0 Å². The lowest BCUT2D eigenvalue weighted by atomic mass is 9.52. The molecule has 0 aromatic carbocycles. The van der Waals surface area contributed by atoms with Gasteiger partial charge in [-0.05, 0) is 56.3 Å². The van der Waals surface area contributed by atoms with Gasteiger partial charge in [0.1, 0.15) is 0 Å². The molecule has 0 aromatic heterocycles. The van der Waals surface area contributed by atoms with Crippen LogP contribution in [0.15, 0.2) is 12.7 Å². The summed E-state index contributed by atoms with van der Waals surface area (Å²) in [6, 6.07) is 0. The van der Waals surface area contributed by atoms with E-state index in [1.807, 2.05) is 6.08 Å². The lowest BCUT2D eigenvalue weighted by molar-refractivity contribution is -0.147. The van der Waals surface area contributed by atoms with Gasteiger partial charge in [-0.3, -0.25) is 4.79 Å². The molecule has 1 heterocycles. The summed E-state index contributed by atoms with van der Waals surface area (Å²) in [7, 11) is 0. The molecule has 2 heteroatoms. The highest BCUT2D eigenvalue weighted by atomic mass is 16.2. The molecule has 104 valence electrons. The van der Waals surface area contributed by atoms with Crippen molar-refractivity contribution in [2.45, 2.75) is 51.0 Å².